The molecule has 134 valence electrons. The Kier molecular flexibility index (Phi) is 21.7. The van der Waals surface area contributed by atoms with Crippen LogP contribution in [0.15, 0.2) is 11.6 Å². The van der Waals surface area contributed by atoms with Crippen LogP contribution in [0.25, 0.3) is 0 Å². The molecule has 0 aliphatic carbocycles. The van der Waals surface area contributed by atoms with Crippen molar-refractivity contribution in [3.8, 4) is 0 Å². The fourth-order valence-corrected chi connectivity index (χ4v) is 0.760. The molecule has 0 aromatic carbocycles. The monoisotopic (exact) mass is 322 g/mol. The maximum Gasteiger partial charge on any atom is 0.154 e. The molecule has 3 N–H and O–H groups in total. The summed E-state index contributed by atoms with van der Waals surface area (Å²) in [5.74, 6) is 0. The number of allylic oxidation sites excluding steroid dienone is 1. The van der Waals surface area contributed by atoms with Crippen molar-refractivity contribution in [3.63, 3.8) is 0 Å². The molecular formula is C16H34O6. The molecular weight excluding hydrogens is 288 g/mol. The molecule has 0 unspecified atom stereocenters. The lowest BCUT2D eigenvalue weighted by atomic mass is 9.97. The van der Waals surface area contributed by atoms with E-state index in [0.29, 0.717) is 11.9 Å². The van der Waals surface area contributed by atoms with E-state index >= 15 is 0 Å². The van der Waals surface area contributed by atoms with Gasteiger partial charge in [0.05, 0.1) is 19.8 Å². The van der Waals surface area contributed by atoms with Crippen molar-refractivity contribution in [1.29, 1.82) is 0 Å². The van der Waals surface area contributed by atoms with Gasteiger partial charge in [0.25, 0.3) is 0 Å². The van der Waals surface area contributed by atoms with Gasteiger partial charge in [-0.3, -0.25) is 4.79 Å². The highest BCUT2D eigenvalue weighted by Crippen LogP contribution is 2.10. The molecule has 0 rings (SSSR count). The second-order valence-corrected chi connectivity index (χ2v) is 5.21. The highest BCUT2D eigenvalue weighted by atomic mass is 16.7. The lowest BCUT2D eigenvalue weighted by Gasteiger charge is -2.16. The molecule has 0 saturated heterocycles. The third-order valence-corrected chi connectivity index (χ3v) is 2.26. The van der Waals surface area contributed by atoms with Crippen molar-refractivity contribution < 1.29 is 29.6 Å². The first-order valence-corrected chi connectivity index (χ1v) is 7.42. The minimum atomic E-state index is -0.306. The van der Waals surface area contributed by atoms with E-state index in [1.807, 2.05) is 20.8 Å². The summed E-state index contributed by atoms with van der Waals surface area (Å²) in [6, 6.07) is 0. The number of carbonyl (C=O) groups excluding carboxylic acids is 1. The molecule has 0 fully saturated rings. The van der Waals surface area contributed by atoms with E-state index in [-0.39, 0.29) is 31.5 Å². The molecule has 0 bridgehead atoms. The van der Waals surface area contributed by atoms with Crippen LogP contribution in [0.3, 0.4) is 0 Å². The zero-order valence-electron chi connectivity index (χ0n) is 14.8. The van der Waals surface area contributed by atoms with Crippen LogP contribution < -0.4 is 0 Å². The van der Waals surface area contributed by atoms with Gasteiger partial charge >= 0.3 is 0 Å². The number of hydrogen-bond acceptors (Lipinski definition) is 6. The van der Waals surface area contributed by atoms with E-state index in [1.165, 1.54) is 6.08 Å². The lowest BCUT2D eigenvalue weighted by molar-refractivity contribution is -0.123. The van der Waals surface area contributed by atoms with Gasteiger partial charge in [0, 0.05) is 18.6 Å². The first-order chi connectivity index (χ1) is 10.2. The highest BCUT2D eigenvalue weighted by molar-refractivity contribution is 5.71. The van der Waals surface area contributed by atoms with Crippen LogP contribution in [0.2, 0.25) is 0 Å². The van der Waals surface area contributed by atoms with Crippen molar-refractivity contribution in [1.82, 2.24) is 0 Å². The van der Waals surface area contributed by atoms with Gasteiger partial charge in [0.1, 0.15) is 6.29 Å². The van der Waals surface area contributed by atoms with Crippen LogP contribution in [0, 0.1) is 5.41 Å². The summed E-state index contributed by atoms with van der Waals surface area (Å²) >= 11 is 0. The standard InChI is InChI=1S/C6H14O2.C5H12O2.C5H8O2/c1-4-7-6(3)8-5-2;1-5(2,3-6)4-7;1-5(4-7)2-3-6/h6H,4-5H2,1-3H3;6-7H,3-4H2,1-2H3;2,4,6H,3H2,1H3/b;;5-2+. The Morgan fingerprint density at radius 2 is 1.50 bits per heavy atom. The molecule has 0 radical (unpaired) electrons. The first kappa shape index (κ1) is 26.1. The minimum absolute atomic E-state index is 0.0370. The number of aliphatic hydroxyl groups is 3. The Balaban J connectivity index is -0.000000247. The summed E-state index contributed by atoms with van der Waals surface area (Å²) in [4.78, 5) is 9.72. The van der Waals surface area contributed by atoms with E-state index in [2.05, 4.69) is 0 Å². The minimum Gasteiger partial charge on any atom is -0.396 e. The average molecular weight is 322 g/mol. The Morgan fingerprint density at radius 1 is 1.09 bits per heavy atom. The largest absolute Gasteiger partial charge is 0.396 e. The molecule has 0 aliphatic heterocycles. The fraction of sp³-hybridized carbons (Fsp3) is 0.812. The molecule has 6 heteroatoms. The zero-order valence-corrected chi connectivity index (χ0v) is 14.8. The van der Waals surface area contributed by atoms with Gasteiger partial charge in [-0.15, -0.1) is 0 Å². The predicted octanol–water partition coefficient (Wildman–Crippen LogP) is 1.53. The maximum atomic E-state index is 9.72. The van der Waals surface area contributed by atoms with Gasteiger partial charge < -0.3 is 24.8 Å². The average Bonchev–Trinajstić information content (AvgIpc) is 2.49. The van der Waals surface area contributed by atoms with Crippen molar-refractivity contribution in [2.24, 2.45) is 5.41 Å². The molecule has 0 aliphatic rings. The van der Waals surface area contributed by atoms with Gasteiger partial charge in [-0.1, -0.05) is 19.9 Å². The Labute approximate surface area is 134 Å². The molecule has 0 aromatic heterocycles. The van der Waals surface area contributed by atoms with Gasteiger partial charge in [0.15, 0.2) is 6.29 Å². The molecule has 0 heterocycles. The Morgan fingerprint density at radius 3 is 1.64 bits per heavy atom. The summed E-state index contributed by atoms with van der Waals surface area (Å²) in [7, 11) is 0. The van der Waals surface area contributed by atoms with Gasteiger partial charge in [-0.25, -0.2) is 0 Å². The third-order valence-electron chi connectivity index (χ3n) is 2.26. The van der Waals surface area contributed by atoms with Gasteiger partial charge in [-0.05, 0) is 33.3 Å². The van der Waals surface area contributed by atoms with E-state index < -0.39 is 0 Å². The van der Waals surface area contributed by atoms with E-state index in [9.17, 15) is 4.79 Å². The fourth-order valence-electron chi connectivity index (χ4n) is 0.760. The number of hydrogen-bond donors (Lipinski definition) is 3. The summed E-state index contributed by atoms with van der Waals surface area (Å²) in [5, 5.41) is 25.0. The number of ether oxygens (including phenoxy) is 2. The molecule has 0 aromatic rings. The summed E-state index contributed by atoms with van der Waals surface area (Å²) in [6.07, 6.45) is 2.12. The molecule has 22 heavy (non-hydrogen) atoms. The molecule has 0 atom stereocenters. The molecule has 6 nitrogen and oxygen atoms in total. The number of rotatable bonds is 8. The van der Waals surface area contributed by atoms with Crippen molar-refractivity contribution in [3.05, 3.63) is 11.6 Å². The quantitative estimate of drug-likeness (QED) is 0.356. The smallest absolute Gasteiger partial charge is 0.154 e. The summed E-state index contributed by atoms with van der Waals surface area (Å²) < 4.78 is 10.1. The predicted molar refractivity (Wildman–Crippen MR) is 87.6 cm³/mol. The van der Waals surface area contributed by atoms with Crippen LogP contribution in [-0.4, -0.2) is 60.9 Å². The molecule has 0 amide bonds. The summed E-state index contributed by atoms with van der Waals surface area (Å²) in [5.41, 5.74) is 0.266. The topological polar surface area (TPSA) is 96.2 Å². The molecule has 0 saturated carbocycles. The summed E-state index contributed by atoms with van der Waals surface area (Å²) in [6.45, 7) is 12.5. The third kappa shape index (κ3) is 24.2. The number of carbonyl (C=O) groups is 1. The Bertz CT molecular complexity index is 251. The maximum absolute atomic E-state index is 9.72. The lowest BCUT2D eigenvalue weighted by Crippen LogP contribution is -2.20. The Hall–Kier alpha value is -0.790. The highest BCUT2D eigenvalue weighted by Gasteiger charge is 2.13. The zero-order chi connectivity index (χ0) is 18.0. The van der Waals surface area contributed by atoms with Gasteiger partial charge in [0.2, 0.25) is 0 Å². The first-order valence-electron chi connectivity index (χ1n) is 7.42. The van der Waals surface area contributed by atoms with Gasteiger partial charge in [-0.2, -0.15) is 0 Å². The van der Waals surface area contributed by atoms with Crippen LogP contribution in [0.5, 0.6) is 0 Å². The van der Waals surface area contributed by atoms with Crippen molar-refractivity contribution >= 4 is 6.29 Å². The van der Waals surface area contributed by atoms with Crippen LogP contribution in [0.1, 0.15) is 41.5 Å². The molecule has 0 spiro atoms. The number of aldehydes is 1. The SMILES string of the molecule is C/C(C=O)=C\CO.CC(C)(CO)CO.CCOC(C)OCC. The van der Waals surface area contributed by atoms with Crippen LogP contribution in [-0.2, 0) is 14.3 Å². The van der Waals surface area contributed by atoms with Crippen molar-refractivity contribution in [2.75, 3.05) is 33.0 Å². The van der Waals surface area contributed by atoms with E-state index in [0.717, 1.165) is 13.2 Å². The number of aliphatic hydroxyl groups excluding tert-OH is 3. The second kappa shape index (κ2) is 18.3. The van der Waals surface area contributed by atoms with Crippen LogP contribution >= 0.6 is 0 Å². The normalized spacial score (nSPS) is 11.3. The van der Waals surface area contributed by atoms with Crippen molar-refractivity contribution in [2.45, 2.75) is 47.8 Å². The van der Waals surface area contributed by atoms with E-state index in [4.69, 9.17) is 24.8 Å². The second-order valence-electron chi connectivity index (χ2n) is 5.21. The van der Waals surface area contributed by atoms with E-state index in [1.54, 1.807) is 20.8 Å². The van der Waals surface area contributed by atoms with Crippen LogP contribution in [0.4, 0.5) is 0 Å².